The van der Waals surface area contributed by atoms with Crippen LogP contribution in [0.2, 0.25) is 0 Å². The van der Waals surface area contributed by atoms with Crippen LogP contribution in [-0.2, 0) is 17.5 Å². The molecule has 1 aromatic carbocycles. The van der Waals surface area contributed by atoms with Gasteiger partial charge in [-0.2, -0.15) is 13.2 Å². The highest BCUT2D eigenvalue weighted by Crippen LogP contribution is 2.62. The van der Waals surface area contributed by atoms with Crippen LogP contribution in [0.1, 0.15) is 30.4 Å². The van der Waals surface area contributed by atoms with E-state index in [-0.39, 0.29) is 17.6 Å². The van der Waals surface area contributed by atoms with Crippen molar-refractivity contribution < 1.29 is 27.2 Å². The predicted molar refractivity (Wildman–Crippen MR) is 83.0 cm³/mol. The third-order valence-electron chi connectivity index (χ3n) is 4.96. The Hall–Kier alpha value is -2.36. The van der Waals surface area contributed by atoms with Crippen molar-refractivity contribution >= 4 is 11.9 Å². The summed E-state index contributed by atoms with van der Waals surface area (Å²) in [6.07, 6.45) is -3.14. The Kier molecular flexibility index (Phi) is 4.13. The molecule has 0 unspecified atom stereocenters. The van der Waals surface area contributed by atoms with Gasteiger partial charge in [0, 0.05) is 17.6 Å². The summed E-state index contributed by atoms with van der Waals surface area (Å²) in [5, 5.41) is 2.17. The van der Waals surface area contributed by atoms with Crippen molar-refractivity contribution in [2.24, 2.45) is 11.5 Å². The number of halogens is 4. The maximum atomic E-state index is 13.6. The fraction of sp³-hybridized carbons (Fsp3) is 0.500. The molecule has 3 saturated carbocycles. The molecule has 4 rings (SSSR count). The SMILES string of the molecule is NC(=O)NCC(=O)N(Cc1cc(F)cc(C(F)(F)F)c1)C12CC(N)(C1)C2. The monoisotopic (exact) mass is 374 g/mol. The van der Waals surface area contributed by atoms with E-state index in [1.807, 2.05) is 0 Å². The first kappa shape index (κ1) is 18.4. The second-order valence-corrected chi connectivity index (χ2v) is 7.16. The standard InChI is InChI=1S/C16H18F4N4O2/c17-11-2-9(1-10(3-11)16(18,19)20)5-24(12(25)4-23-13(21)26)15-6-14(22,7-15)8-15/h1-3H,4-8,22H2,(H3,21,23,26). The van der Waals surface area contributed by atoms with Crippen molar-refractivity contribution in [1.82, 2.24) is 10.2 Å². The Labute approximate surface area is 146 Å². The van der Waals surface area contributed by atoms with E-state index >= 15 is 0 Å². The molecule has 6 nitrogen and oxygen atoms in total. The van der Waals surface area contributed by atoms with Crippen molar-refractivity contribution in [3.63, 3.8) is 0 Å². The highest BCUT2D eigenvalue weighted by Gasteiger charge is 2.69. The van der Waals surface area contributed by atoms with Gasteiger partial charge in [-0.25, -0.2) is 9.18 Å². The normalized spacial score (nSPS) is 26.5. The minimum absolute atomic E-state index is 0.0144. The summed E-state index contributed by atoms with van der Waals surface area (Å²) in [7, 11) is 0. The summed E-state index contributed by atoms with van der Waals surface area (Å²) >= 11 is 0. The van der Waals surface area contributed by atoms with Crippen molar-refractivity contribution in [2.75, 3.05) is 6.54 Å². The molecule has 2 bridgehead atoms. The number of alkyl halides is 3. The fourth-order valence-corrected chi connectivity index (χ4v) is 3.96. The second kappa shape index (κ2) is 5.83. The zero-order valence-corrected chi connectivity index (χ0v) is 13.7. The minimum atomic E-state index is -4.70. The maximum absolute atomic E-state index is 13.6. The van der Waals surface area contributed by atoms with E-state index in [0.29, 0.717) is 25.3 Å². The number of carbonyl (C=O) groups is 2. The lowest BCUT2D eigenvalue weighted by atomic mass is 9.44. The summed E-state index contributed by atoms with van der Waals surface area (Å²) in [6, 6.07) is 1.28. The summed E-state index contributed by atoms with van der Waals surface area (Å²) in [5.41, 5.74) is 8.93. The van der Waals surface area contributed by atoms with Crippen molar-refractivity contribution in [3.8, 4) is 0 Å². The van der Waals surface area contributed by atoms with Gasteiger partial charge in [0.1, 0.15) is 5.82 Å². The average Bonchev–Trinajstić information content (AvgIpc) is 2.45. The van der Waals surface area contributed by atoms with Gasteiger partial charge in [-0.15, -0.1) is 0 Å². The minimum Gasteiger partial charge on any atom is -0.352 e. The Morgan fingerprint density at radius 1 is 1.19 bits per heavy atom. The molecule has 0 aliphatic heterocycles. The van der Waals surface area contributed by atoms with Crippen LogP contribution in [0.15, 0.2) is 18.2 Å². The quantitative estimate of drug-likeness (QED) is 0.681. The van der Waals surface area contributed by atoms with Crippen molar-refractivity contribution in [2.45, 2.75) is 43.1 Å². The van der Waals surface area contributed by atoms with Crippen LogP contribution < -0.4 is 16.8 Å². The van der Waals surface area contributed by atoms with E-state index in [4.69, 9.17) is 11.5 Å². The predicted octanol–water partition coefficient (Wildman–Crippen LogP) is 1.48. The molecular formula is C16H18F4N4O2. The Bertz CT molecular complexity index is 745. The lowest BCUT2D eigenvalue weighted by Gasteiger charge is -2.72. The number of nitrogens with zero attached hydrogens (tertiary/aromatic N) is 1. The van der Waals surface area contributed by atoms with Gasteiger partial charge in [0.15, 0.2) is 0 Å². The maximum Gasteiger partial charge on any atom is 0.416 e. The van der Waals surface area contributed by atoms with E-state index in [0.717, 1.165) is 12.1 Å². The van der Waals surface area contributed by atoms with Crippen LogP contribution in [0.3, 0.4) is 0 Å². The molecule has 3 aliphatic carbocycles. The summed E-state index contributed by atoms with van der Waals surface area (Å²) in [4.78, 5) is 24.7. The van der Waals surface area contributed by atoms with Crippen LogP contribution in [0.5, 0.6) is 0 Å². The van der Waals surface area contributed by atoms with Gasteiger partial charge < -0.3 is 21.7 Å². The molecule has 0 radical (unpaired) electrons. The molecule has 142 valence electrons. The Balaban J connectivity index is 1.83. The first-order valence-electron chi connectivity index (χ1n) is 7.92. The summed E-state index contributed by atoms with van der Waals surface area (Å²) < 4.78 is 52.3. The number of amides is 3. The number of urea groups is 1. The number of carbonyl (C=O) groups excluding carboxylic acids is 2. The number of hydrogen-bond donors (Lipinski definition) is 3. The van der Waals surface area contributed by atoms with Gasteiger partial charge >= 0.3 is 12.2 Å². The molecule has 3 fully saturated rings. The molecular weight excluding hydrogens is 356 g/mol. The Morgan fingerprint density at radius 2 is 1.81 bits per heavy atom. The molecule has 3 aliphatic rings. The van der Waals surface area contributed by atoms with E-state index in [2.05, 4.69) is 5.32 Å². The largest absolute Gasteiger partial charge is 0.416 e. The van der Waals surface area contributed by atoms with Crippen LogP contribution in [0, 0.1) is 5.82 Å². The Morgan fingerprint density at radius 3 is 2.31 bits per heavy atom. The van der Waals surface area contributed by atoms with Crippen LogP contribution in [0.25, 0.3) is 0 Å². The molecule has 0 aromatic heterocycles. The van der Waals surface area contributed by atoms with Crippen molar-refractivity contribution in [3.05, 3.63) is 35.1 Å². The van der Waals surface area contributed by atoms with Crippen LogP contribution in [-0.4, -0.2) is 34.5 Å². The fourth-order valence-electron chi connectivity index (χ4n) is 3.96. The lowest BCUT2D eigenvalue weighted by molar-refractivity contribution is -0.182. The molecule has 26 heavy (non-hydrogen) atoms. The molecule has 3 amide bonds. The van der Waals surface area contributed by atoms with Crippen LogP contribution in [0.4, 0.5) is 22.4 Å². The first-order chi connectivity index (χ1) is 11.9. The number of nitrogens with two attached hydrogens (primary N) is 2. The molecule has 0 saturated heterocycles. The second-order valence-electron chi connectivity index (χ2n) is 7.16. The summed E-state index contributed by atoms with van der Waals surface area (Å²) in [5.74, 6) is -1.55. The molecule has 0 spiro atoms. The average molecular weight is 374 g/mol. The van der Waals surface area contributed by atoms with E-state index in [1.54, 1.807) is 0 Å². The number of rotatable bonds is 5. The van der Waals surface area contributed by atoms with Gasteiger partial charge in [0.2, 0.25) is 5.91 Å². The van der Waals surface area contributed by atoms with Crippen LogP contribution >= 0.6 is 0 Å². The van der Waals surface area contributed by atoms with E-state index in [9.17, 15) is 27.2 Å². The number of benzene rings is 1. The first-order valence-corrected chi connectivity index (χ1v) is 7.92. The summed E-state index contributed by atoms with van der Waals surface area (Å²) in [6.45, 7) is -0.605. The van der Waals surface area contributed by atoms with Gasteiger partial charge in [0.05, 0.1) is 12.1 Å². The molecule has 0 heterocycles. The zero-order chi connectivity index (χ0) is 19.3. The zero-order valence-electron chi connectivity index (χ0n) is 13.7. The molecule has 10 heteroatoms. The number of nitrogens with one attached hydrogen (secondary N) is 1. The molecule has 1 aromatic rings. The van der Waals surface area contributed by atoms with Gasteiger partial charge in [-0.3, -0.25) is 4.79 Å². The highest BCUT2D eigenvalue weighted by atomic mass is 19.4. The number of primary amides is 1. The molecule has 5 N–H and O–H groups in total. The highest BCUT2D eigenvalue weighted by molar-refractivity contribution is 5.84. The third kappa shape index (κ3) is 3.33. The van der Waals surface area contributed by atoms with Gasteiger partial charge in [-0.05, 0) is 43.0 Å². The lowest BCUT2D eigenvalue weighted by Crippen LogP contribution is -2.82. The third-order valence-corrected chi connectivity index (χ3v) is 4.96. The van der Waals surface area contributed by atoms with Gasteiger partial charge in [0.25, 0.3) is 0 Å². The number of hydrogen-bond acceptors (Lipinski definition) is 3. The smallest absolute Gasteiger partial charge is 0.352 e. The van der Waals surface area contributed by atoms with E-state index in [1.165, 1.54) is 4.90 Å². The topological polar surface area (TPSA) is 101 Å². The molecule has 0 atom stereocenters. The van der Waals surface area contributed by atoms with Crippen molar-refractivity contribution in [1.29, 1.82) is 0 Å². The van der Waals surface area contributed by atoms with E-state index < -0.39 is 41.6 Å². The van der Waals surface area contributed by atoms with Gasteiger partial charge in [-0.1, -0.05) is 0 Å².